The van der Waals surface area contributed by atoms with Crippen molar-refractivity contribution in [3.05, 3.63) is 54.1 Å². The summed E-state index contributed by atoms with van der Waals surface area (Å²) in [5.74, 6) is 1.48. The van der Waals surface area contributed by atoms with Crippen LogP contribution in [0.1, 0.15) is 38.7 Å². The predicted molar refractivity (Wildman–Crippen MR) is 96.9 cm³/mol. The number of hydrogen-bond acceptors (Lipinski definition) is 3. The molecule has 0 bridgehead atoms. The van der Waals surface area contributed by atoms with E-state index in [1.165, 1.54) is 0 Å². The molecule has 4 nitrogen and oxygen atoms in total. The van der Waals surface area contributed by atoms with E-state index in [-0.39, 0.29) is 11.8 Å². The fourth-order valence-electron chi connectivity index (χ4n) is 2.52. The second-order valence-corrected chi connectivity index (χ2v) is 5.59. The Morgan fingerprint density at radius 3 is 2.42 bits per heavy atom. The molecule has 0 aliphatic carbocycles. The summed E-state index contributed by atoms with van der Waals surface area (Å²) in [5, 5.41) is 2.95. The van der Waals surface area contributed by atoms with Gasteiger partial charge in [-0.25, -0.2) is 0 Å². The molecule has 0 saturated carbocycles. The largest absolute Gasteiger partial charge is 0.494 e. The normalized spacial score (nSPS) is 11.6. The summed E-state index contributed by atoms with van der Waals surface area (Å²) < 4.78 is 11.1. The van der Waals surface area contributed by atoms with Gasteiger partial charge >= 0.3 is 0 Å². The summed E-state index contributed by atoms with van der Waals surface area (Å²) in [5.41, 5.74) is 1.80. The van der Waals surface area contributed by atoms with Crippen LogP contribution in [0.25, 0.3) is 0 Å². The summed E-state index contributed by atoms with van der Waals surface area (Å²) in [6, 6.07) is 15.5. The van der Waals surface area contributed by atoms with Crippen molar-refractivity contribution in [1.82, 2.24) is 0 Å². The van der Waals surface area contributed by atoms with Crippen LogP contribution in [0.5, 0.6) is 11.5 Å². The average Bonchev–Trinajstić information content (AvgIpc) is 2.58. The first-order valence-electron chi connectivity index (χ1n) is 8.38. The Balaban J connectivity index is 2.07. The van der Waals surface area contributed by atoms with Crippen molar-refractivity contribution in [3.8, 4) is 11.5 Å². The Kier molecular flexibility index (Phi) is 6.67. The zero-order valence-corrected chi connectivity index (χ0v) is 14.5. The molecule has 4 heteroatoms. The lowest BCUT2D eigenvalue weighted by atomic mass is 9.97. The van der Waals surface area contributed by atoms with Crippen LogP contribution < -0.4 is 14.8 Å². The van der Waals surface area contributed by atoms with E-state index in [1.807, 2.05) is 56.3 Å². The number of hydrogen-bond donors (Lipinski definition) is 1. The average molecular weight is 327 g/mol. The number of anilines is 1. The first-order chi connectivity index (χ1) is 11.6. The fourth-order valence-corrected chi connectivity index (χ4v) is 2.52. The number of amides is 1. The molecule has 2 aromatic rings. The molecule has 24 heavy (non-hydrogen) atoms. The topological polar surface area (TPSA) is 47.6 Å². The van der Waals surface area contributed by atoms with Gasteiger partial charge in [0.1, 0.15) is 11.5 Å². The number of nitrogens with one attached hydrogen (secondary N) is 1. The number of rotatable bonds is 8. The summed E-state index contributed by atoms with van der Waals surface area (Å²) in [7, 11) is 0. The van der Waals surface area contributed by atoms with Gasteiger partial charge in [0.2, 0.25) is 5.91 Å². The van der Waals surface area contributed by atoms with Crippen LogP contribution in [0.4, 0.5) is 5.69 Å². The van der Waals surface area contributed by atoms with Crippen molar-refractivity contribution in [2.45, 2.75) is 33.1 Å². The van der Waals surface area contributed by atoms with Gasteiger partial charge in [0.15, 0.2) is 0 Å². The van der Waals surface area contributed by atoms with E-state index in [0.717, 1.165) is 5.56 Å². The minimum absolute atomic E-state index is 0.0408. The van der Waals surface area contributed by atoms with Gasteiger partial charge in [0, 0.05) is 12.5 Å². The summed E-state index contributed by atoms with van der Waals surface area (Å²) in [6.07, 6.45) is 0.411. The summed E-state index contributed by atoms with van der Waals surface area (Å²) in [4.78, 5) is 12.4. The zero-order chi connectivity index (χ0) is 17.4. The minimum Gasteiger partial charge on any atom is -0.494 e. The first-order valence-corrected chi connectivity index (χ1v) is 8.38. The smallest absolute Gasteiger partial charge is 0.225 e. The molecule has 0 radical (unpaired) electrons. The molecule has 2 aromatic carbocycles. The van der Waals surface area contributed by atoms with E-state index in [2.05, 4.69) is 12.2 Å². The van der Waals surface area contributed by atoms with Crippen molar-refractivity contribution in [2.24, 2.45) is 0 Å². The Labute approximate surface area is 143 Å². The Morgan fingerprint density at radius 1 is 1.04 bits per heavy atom. The van der Waals surface area contributed by atoms with Crippen molar-refractivity contribution in [1.29, 1.82) is 0 Å². The third-order valence-corrected chi connectivity index (χ3v) is 3.70. The van der Waals surface area contributed by atoms with Crippen LogP contribution >= 0.6 is 0 Å². The lowest BCUT2D eigenvalue weighted by Gasteiger charge is -2.15. The van der Waals surface area contributed by atoms with Gasteiger partial charge < -0.3 is 14.8 Å². The van der Waals surface area contributed by atoms with Crippen LogP contribution in [-0.2, 0) is 4.79 Å². The Hall–Kier alpha value is -2.49. The minimum atomic E-state index is -0.0408. The number of carbonyl (C=O) groups is 1. The zero-order valence-electron chi connectivity index (χ0n) is 14.5. The van der Waals surface area contributed by atoms with E-state index >= 15 is 0 Å². The Bertz CT molecular complexity index is 655. The van der Waals surface area contributed by atoms with Gasteiger partial charge in [-0.3, -0.25) is 4.79 Å². The third kappa shape index (κ3) is 5.01. The van der Waals surface area contributed by atoms with Crippen molar-refractivity contribution < 1.29 is 14.3 Å². The van der Waals surface area contributed by atoms with Gasteiger partial charge in [-0.05, 0) is 37.5 Å². The molecule has 0 fully saturated rings. The van der Waals surface area contributed by atoms with Crippen LogP contribution in [0.3, 0.4) is 0 Å². The Morgan fingerprint density at radius 2 is 1.75 bits per heavy atom. The molecule has 2 rings (SSSR count). The summed E-state index contributed by atoms with van der Waals surface area (Å²) >= 11 is 0. The molecule has 128 valence electrons. The fraction of sp³-hybridized carbons (Fsp3) is 0.350. The molecule has 0 aliphatic heterocycles. The monoisotopic (exact) mass is 327 g/mol. The van der Waals surface area contributed by atoms with E-state index in [1.54, 1.807) is 6.07 Å². The quantitative estimate of drug-likeness (QED) is 0.770. The van der Waals surface area contributed by atoms with Crippen LogP contribution in [0.15, 0.2) is 48.5 Å². The highest BCUT2D eigenvalue weighted by Gasteiger charge is 2.14. The highest BCUT2D eigenvalue weighted by Crippen LogP contribution is 2.30. The molecule has 1 N–H and O–H groups in total. The highest BCUT2D eigenvalue weighted by molar-refractivity contribution is 5.93. The second-order valence-electron chi connectivity index (χ2n) is 5.59. The lowest BCUT2D eigenvalue weighted by Crippen LogP contribution is -2.15. The lowest BCUT2D eigenvalue weighted by molar-refractivity contribution is -0.116. The molecule has 0 aliphatic rings. The van der Waals surface area contributed by atoms with E-state index in [9.17, 15) is 4.79 Å². The van der Waals surface area contributed by atoms with Gasteiger partial charge in [0.25, 0.3) is 0 Å². The van der Waals surface area contributed by atoms with E-state index in [0.29, 0.717) is 36.8 Å². The summed E-state index contributed by atoms with van der Waals surface area (Å²) in [6.45, 7) is 7.01. The third-order valence-electron chi connectivity index (χ3n) is 3.70. The SMILES string of the molecule is CCOc1ccc(OCC)c(NC(=O)C[C@H](C)c2ccccc2)c1. The molecule has 1 atom stereocenters. The van der Waals surface area contributed by atoms with Gasteiger partial charge in [-0.2, -0.15) is 0 Å². The second kappa shape index (κ2) is 8.96. The van der Waals surface area contributed by atoms with Crippen LogP contribution in [0, 0.1) is 0 Å². The van der Waals surface area contributed by atoms with Gasteiger partial charge in [-0.1, -0.05) is 37.3 Å². The van der Waals surface area contributed by atoms with Crippen LogP contribution in [-0.4, -0.2) is 19.1 Å². The molecule has 1 amide bonds. The number of benzene rings is 2. The van der Waals surface area contributed by atoms with Crippen molar-refractivity contribution in [2.75, 3.05) is 18.5 Å². The van der Waals surface area contributed by atoms with E-state index in [4.69, 9.17) is 9.47 Å². The molecular formula is C20H25NO3. The maximum Gasteiger partial charge on any atom is 0.225 e. The van der Waals surface area contributed by atoms with Gasteiger partial charge in [-0.15, -0.1) is 0 Å². The standard InChI is InChI=1S/C20H25NO3/c1-4-23-17-11-12-19(24-5-2)18(14-17)21-20(22)13-15(3)16-9-7-6-8-10-16/h6-12,14-15H,4-5,13H2,1-3H3,(H,21,22)/t15-/m0/s1. The molecule has 0 spiro atoms. The van der Waals surface area contributed by atoms with Crippen molar-refractivity contribution in [3.63, 3.8) is 0 Å². The van der Waals surface area contributed by atoms with Crippen molar-refractivity contribution >= 4 is 11.6 Å². The first kappa shape index (κ1) is 17.9. The van der Waals surface area contributed by atoms with E-state index < -0.39 is 0 Å². The number of carbonyl (C=O) groups excluding carboxylic acids is 1. The molecular weight excluding hydrogens is 302 g/mol. The highest BCUT2D eigenvalue weighted by atomic mass is 16.5. The number of ether oxygens (including phenoxy) is 2. The van der Waals surface area contributed by atoms with Crippen LogP contribution in [0.2, 0.25) is 0 Å². The maximum atomic E-state index is 12.4. The maximum absolute atomic E-state index is 12.4. The molecule has 0 heterocycles. The molecule has 0 unspecified atom stereocenters. The molecule has 0 aromatic heterocycles. The molecule has 0 saturated heterocycles. The van der Waals surface area contributed by atoms with Gasteiger partial charge in [0.05, 0.1) is 18.9 Å². The predicted octanol–water partition coefficient (Wildman–Crippen LogP) is 4.62.